The largest absolute Gasteiger partial charge is 0.507 e. The Bertz CT molecular complexity index is 1010. The van der Waals surface area contributed by atoms with Crippen molar-refractivity contribution in [1.29, 1.82) is 0 Å². The zero-order valence-corrected chi connectivity index (χ0v) is 16.7. The molecule has 1 heterocycles. The average molecular weight is 465 g/mol. The minimum atomic E-state index is -0.473. The first kappa shape index (κ1) is 17.7. The lowest BCUT2D eigenvalue weighted by Gasteiger charge is -2.05. The van der Waals surface area contributed by atoms with Crippen molar-refractivity contribution in [2.45, 2.75) is 6.92 Å². The molecule has 0 radical (unpaired) electrons. The highest BCUT2D eigenvalue weighted by Crippen LogP contribution is 2.25. The summed E-state index contributed by atoms with van der Waals surface area (Å²) in [5.74, 6) is -0.567. The summed E-state index contributed by atoms with van der Waals surface area (Å²) in [6.45, 7) is 1.83. The number of hydrogen-bond donors (Lipinski definition) is 2. The third-order valence-electron chi connectivity index (χ3n) is 3.87. The van der Waals surface area contributed by atoms with Crippen LogP contribution in [0.5, 0.6) is 5.75 Å². The first-order chi connectivity index (χ1) is 11.9. The maximum Gasteiger partial charge on any atom is 0.275 e. The van der Waals surface area contributed by atoms with E-state index in [9.17, 15) is 9.90 Å². The molecule has 3 aromatic rings. The van der Waals surface area contributed by atoms with Crippen LogP contribution in [0.25, 0.3) is 10.9 Å². The molecular formula is C18H15Br2N3O2. The number of aromatic hydroxyl groups is 1. The average Bonchev–Trinajstić information content (AvgIpc) is 2.90. The second kappa shape index (κ2) is 7.01. The number of halogens is 2. The Labute approximate surface area is 161 Å². The molecule has 3 rings (SSSR count). The van der Waals surface area contributed by atoms with Crippen LogP contribution in [0.1, 0.15) is 22.8 Å². The molecule has 0 fully saturated rings. The molecule has 0 atom stereocenters. The number of aryl methyl sites for hydroxylation is 1. The molecule has 2 N–H and O–H groups in total. The van der Waals surface area contributed by atoms with Gasteiger partial charge in [0.25, 0.3) is 5.91 Å². The Morgan fingerprint density at radius 3 is 2.56 bits per heavy atom. The standard InChI is InChI=1S/C18H15Br2N3O2/c1-10(15-9-23(2)16-5-3-11(19)7-13(15)16)21-22-18(25)14-8-12(20)4-6-17(14)24/h3-9,24H,1-2H3,(H,22,25)/b21-10-. The fraction of sp³-hybridized carbons (Fsp3) is 0.111. The van der Waals surface area contributed by atoms with Gasteiger partial charge in [-0.3, -0.25) is 4.79 Å². The van der Waals surface area contributed by atoms with Crippen LogP contribution in [0.3, 0.4) is 0 Å². The van der Waals surface area contributed by atoms with Gasteiger partial charge in [0, 0.05) is 38.7 Å². The predicted octanol–water partition coefficient (Wildman–Crippen LogP) is 4.56. The molecule has 0 aliphatic rings. The number of carbonyl (C=O) groups is 1. The van der Waals surface area contributed by atoms with E-state index in [0.717, 1.165) is 20.9 Å². The van der Waals surface area contributed by atoms with Crippen LogP contribution in [-0.2, 0) is 7.05 Å². The summed E-state index contributed by atoms with van der Waals surface area (Å²) in [7, 11) is 1.96. The highest BCUT2D eigenvalue weighted by Gasteiger charge is 2.13. The molecule has 0 saturated carbocycles. The minimum Gasteiger partial charge on any atom is -0.507 e. The molecule has 0 aliphatic carbocycles. The summed E-state index contributed by atoms with van der Waals surface area (Å²) in [5, 5.41) is 15.1. The summed E-state index contributed by atoms with van der Waals surface area (Å²) in [6.07, 6.45) is 1.97. The molecule has 25 heavy (non-hydrogen) atoms. The van der Waals surface area contributed by atoms with E-state index in [-0.39, 0.29) is 11.3 Å². The van der Waals surface area contributed by atoms with Crippen LogP contribution in [0, 0.1) is 0 Å². The topological polar surface area (TPSA) is 66.6 Å². The number of nitrogens with one attached hydrogen (secondary N) is 1. The number of phenolic OH excluding ortho intramolecular Hbond substituents is 1. The van der Waals surface area contributed by atoms with Gasteiger partial charge in [-0.25, -0.2) is 5.43 Å². The van der Waals surface area contributed by atoms with Crippen molar-refractivity contribution >= 4 is 54.4 Å². The van der Waals surface area contributed by atoms with Gasteiger partial charge in [-0.1, -0.05) is 31.9 Å². The number of aromatic nitrogens is 1. The van der Waals surface area contributed by atoms with Gasteiger partial charge >= 0.3 is 0 Å². The predicted molar refractivity (Wildman–Crippen MR) is 106 cm³/mol. The van der Waals surface area contributed by atoms with Crippen LogP contribution in [0.15, 0.2) is 56.6 Å². The monoisotopic (exact) mass is 463 g/mol. The summed E-state index contributed by atoms with van der Waals surface area (Å²) in [5.41, 5.74) is 5.33. The van der Waals surface area contributed by atoms with E-state index in [0.29, 0.717) is 10.2 Å². The normalized spacial score (nSPS) is 11.8. The highest BCUT2D eigenvalue weighted by atomic mass is 79.9. The molecule has 7 heteroatoms. The number of benzene rings is 2. The number of amides is 1. The number of carbonyl (C=O) groups excluding carboxylic acids is 1. The van der Waals surface area contributed by atoms with Crippen molar-refractivity contribution in [2.75, 3.05) is 0 Å². The Kier molecular flexibility index (Phi) is 4.96. The van der Waals surface area contributed by atoms with Crippen molar-refractivity contribution in [2.24, 2.45) is 12.1 Å². The maximum absolute atomic E-state index is 12.3. The molecule has 5 nitrogen and oxygen atoms in total. The number of hydrazone groups is 1. The van der Waals surface area contributed by atoms with Gasteiger partial charge in [0.05, 0.1) is 11.3 Å². The molecule has 128 valence electrons. The summed E-state index contributed by atoms with van der Waals surface area (Å²) >= 11 is 6.77. The van der Waals surface area contributed by atoms with Crippen LogP contribution in [0.4, 0.5) is 0 Å². The van der Waals surface area contributed by atoms with E-state index in [1.807, 2.05) is 42.9 Å². The Balaban J connectivity index is 1.91. The minimum absolute atomic E-state index is 0.0948. The quantitative estimate of drug-likeness (QED) is 0.440. The Morgan fingerprint density at radius 1 is 1.12 bits per heavy atom. The SMILES string of the molecule is C/C(=N/NC(=O)c1cc(Br)ccc1O)c1cn(C)c2ccc(Br)cc12. The summed E-state index contributed by atoms with van der Waals surface area (Å²) in [4.78, 5) is 12.3. The van der Waals surface area contributed by atoms with Crippen LogP contribution >= 0.6 is 31.9 Å². The van der Waals surface area contributed by atoms with Crippen molar-refractivity contribution in [1.82, 2.24) is 9.99 Å². The van der Waals surface area contributed by atoms with E-state index < -0.39 is 5.91 Å². The first-order valence-electron chi connectivity index (χ1n) is 7.45. The Hall–Kier alpha value is -2.12. The van der Waals surface area contributed by atoms with Gasteiger partial charge in [0.1, 0.15) is 5.75 Å². The van der Waals surface area contributed by atoms with Gasteiger partial charge in [0.15, 0.2) is 0 Å². The number of phenols is 1. The molecule has 0 spiro atoms. The molecule has 0 unspecified atom stereocenters. The fourth-order valence-corrected chi connectivity index (χ4v) is 3.32. The second-order valence-corrected chi connectivity index (χ2v) is 7.45. The van der Waals surface area contributed by atoms with Gasteiger partial charge in [0.2, 0.25) is 0 Å². The number of hydrogen-bond acceptors (Lipinski definition) is 3. The van der Waals surface area contributed by atoms with E-state index in [1.54, 1.807) is 12.1 Å². The van der Waals surface area contributed by atoms with Crippen LogP contribution < -0.4 is 5.43 Å². The smallest absolute Gasteiger partial charge is 0.275 e. The number of fused-ring (bicyclic) bond motifs is 1. The fourth-order valence-electron chi connectivity index (χ4n) is 2.60. The molecule has 0 saturated heterocycles. The molecule has 2 aromatic carbocycles. The van der Waals surface area contributed by atoms with Gasteiger partial charge in [-0.2, -0.15) is 5.10 Å². The highest BCUT2D eigenvalue weighted by molar-refractivity contribution is 9.10. The van der Waals surface area contributed by atoms with E-state index in [2.05, 4.69) is 42.4 Å². The van der Waals surface area contributed by atoms with Gasteiger partial charge < -0.3 is 9.67 Å². The lowest BCUT2D eigenvalue weighted by atomic mass is 10.1. The molecule has 1 aromatic heterocycles. The van der Waals surface area contributed by atoms with Crippen molar-refractivity contribution in [3.8, 4) is 5.75 Å². The number of nitrogens with zero attached hydrogens (tertiary/aromatic N) is 2. The second-order valence-electron chi connectivity index (χ2n) is 5.61. The molecule has 0 bridgehead atoms. The van der Waals surface area contributed by atoms with E-state index in [1.165, 1.54) is 6.07 Å². The van der Waals surface area contributed by atoms with Crippen molar-refractivity contribution in [3.63, 3.8) is 0 Å². The van der Waals surface area contributed by atoms with Crippen LogP contribution in [-0.4, -0.2) is 21.3 Å². The van der Waals surface area contributed by atoms with Gasteiger partial charge in [-0.05, 0) is 43.3 Å². The molecule has 1 amide bonds. The molecular weight excluding hydrogens is 450 g/mol. The maximum atomic E-state index is 12.3. The molecule has 0 aliphatic heterocycles. The van der Waals surface area contributed by atoms with E-state index in [4.69, 9.17) is 0 Å². The first-order valence-corrected chi connectivity index (χ1v) is 9.03. The summed E-state index contributed by atoms with van der Waals surface area (Å²) < 4.78 is 3.69. The third-order valence-corrected chi connectivity index (χ3v) is 4.86. The zero-order chi connectivity index (χ0) is 18.1. The van der Waals surface area contributed by atoms with Crippen LogP contribution in [0.2, 0.25) is 0 Å². The lowest BCUT2D eigenvalue weighted by molar-refractivity contribution is 0.0952. The third kappa shape index (κ3) is 3.62. The van der Waals surface area contributed by atoms with Crippen molar-refractivity contribution in [3.05, 3.63) is 62.7 Å². The number of rotatable bonds is 3. The van der Waals surface area contributed by atoms with Gasteiger partial charge in [-0.15, -0.1) is 0 Å². The van der Waals surface area contributed by atoms with E-state index >= 15 is 0 Å². The van der Waals surface area contributed by atoms with Crippen molar-refractivity contribution < 1.29 is 9.90 Å². The Morgan fingerprint density at radius 2 is 1.80 bits per heavy atom. The summed E-state index contributed by atoms with van der Waals surface area (Å²) in [6, 6.07) is 10.7. The lowest BCUT2D eigenvalue weighted by Crippen LogP contribution is -2.19. The zero-order valence-electron chi connectivity index (χ0n) is 13.5.